The molecule has 2 rings (SSSR count). The van der Waals surface area contributed by atoms with E-state index < -0.39 is 30.8 Å². The van der Waals surface area contributed by atoms with E-state index in [-0.39, 0.29) is 11.3 Å². The highest BCUT2D eigenvalue weighted by Gasteiger charge is 2.51. The van der Waals surface area contributed by atoms with Gasteiger partial charge in [-0.25, -0.2) is 0 Å². The Labute approximate surface area is 134 Å². The van der Waals surface area contributed by atoms with Gasteiger partial charge in [0.1, 0.15) is 5.75 Å². The molecule has 0 spiro atoms. The fourth-order valence-electron chi connectivity index (χ4n) is 2.18. The molecule has 23 heavy (non-hydrogen) atoms. The maximum atomic E-state index is 12.5. The summed E-state index contributed by atoms with van der Waals surface area (Å²) >= 11 is 0. The molecule has 126 valence electrons. The van der Waals surface area contributed by atoms with E-state index in [0.717, 1.165) is 0 Å². The van der Waals surface area contributed by atoms with Gasteiger partial charge in [-0.3, -0.25) is 4.79 Å². The van der Waals surface area contributed by atoms with Gasteiger partial charge < -0.3 is 19.4 Å². The molecule has 1 aromatic carbocycles. The van der Waals surface area contributed by atoms with E-state index in [1.807, 2.05) is 27.7 Å². The molecule has 1 saturated heterocycles. The third-order valence-electron chi connectivity index (χ3n) is 4.17. The van der Waals surface area contributed by atoms with E-state index >= 15 is 0 Å². The summed E-state index contributed by atoms with van der Waals surface area (Å²) in [6.07, 6.45) is 0. The molecular weight excluding hydrogens is 307 g/mol. The van der Waals surface area contributed by atoms with Gasteiger partial charge in [0.15, 0.2) is 0 Å². The molecule has 0 unspecified atom stereocenters. The lowest BCUT2D eigenvalue weighted by atomic mass is 9.78. The Morgan fingerprint density at radius 2 is 1.74 bits per heavy atom. The molecule has 0 aliphatic carbocycles. The van der Waals surface area contributed by atoms with Crippen LogP contribution in [0.4, 0.5) is 8.78 Å². The van der Waals surface area contributed by atoms with E-state index in [1.165, 1.54) is 19.2 Å². The summed E-state index contributed by atoms with van der Waals surface area (Å²) in [4.78, 5) is 11.8. The van der Waals surface area contributed by atoms with E-state index in [1.54, 1.807) is 6.07 Å². The van der Waals surface area contributed by atoms with Crippen LogP contribution in [-0.4, -0.2) is 37.9 Å². The van der Waals surface area contributed by atoms with Gasteiger partial charge in [-0.15, -0.1) is 0 Å². The van der Waals surface area contributed by atoms with Crippen LogP contribution in [0.5, 0.6) is 5.75 Å². The van der Waals surface area contributed by atoms with Crippen LogP contribution in [0.2, 0.25) is 0 Å². The number of benzene rings is 1. The number of amides is 1. The van der Waals surface area contributed by atoms with Crippen molar-refractivity contribution < 1.29 is 27.6 Å². The Kier molecular flexibility index (Phi) is 4.68. The highest BCUT2D eigenvalue weighted by molar-refractivity contribution is 6.62. The lowest BCUT2D eigenvalue weighted by molar-refractivity contribution is -0.0498. The first kappa shape index (κ1) is 17.7. The number of hydrogen-bond donors (Lipinski definition) is 1. The van der Waals surface area contributed by atoms with Crippen LogP contribution in [0.3, 0.4) is 0 Å². The number of nitrogens with one attached hydrogen (secondary N) is 1. The first-order valence-electron chi connectivity index (χ1n) is 7.23. The lowest BCUT2D eigenvalue weighted by Gasteiger charge is -2.32. The van der Waals surface area contributed by atoms with Gasteiger partial charge in [0, 0.05) is 12.6 Å². The van der Waals surface area contributed by atoms with Crippen molar-refractivity contribution in [3.05, 3.63) is 23.8 Å². The Hall–Kier alpha value is -1.67. The van der Waals surface area contributed by atoms with Gasteiger partial charge in [0.2, 0.25) is 0 Å². The van der Waals surface area contributed by atoms with Crippen molar-refractivity contribution in [2.75, 3.05) is 7.05 Å². The van der Waals surface area contributed by atoms with Crippen molar-refractivity contribution >= 4 is 18.5 Å². The second-order valence-corrected chi connectivity index (χ2v) is 6.34. The second-order valence-electron chi connectivity index (χ2n) is 6.34. The van der Waals surface area contributed by atoms with Gasteiger partial charge in [-0.05, 0) is 51.4 Å². The van der Waals surface area contributed by atoms with Crippen molar-refractivity contribution in [1.29, 1.82) is 0 Å². The second kappa shape index (κ2) is 6.09. The van der Waals surface area contributed by atoms with E-state index in [4.69, 9.17) is 9.31 Å². The maximum Gasteiger partial charge on any atom is 0.494 e. The van der Waals surface area contributed by atoms with Crippen LogP contribution in [0.15, 0.2) is 18.2 Å². The van der Waals surface area contributed by atoms with Crippen LogP contribution >= 0.6 is 0 Å². The molecule has 8 heteroatoms. The van der Waals surface area contributed by atoms with Crippen molar-refractivity contribution in [1.82, 2.24) is 5.32 Å². The first-order valence-corrected chi connectivity index (χ1v) is 7.23. The smallest absolute Gasteiger partial charge is 0.435 e. The van der Waals surface area contributed by atoms with Gasteiger partial charge in [-0.1, -0.05) is 0 Å². The molecule has 0 bridgehead atoms. The summed E-state index contributed by atoms with van der Waals surface area (Å²) in [6, 6.07) is 4.18. The summed E-state index contributed by atoms with van der Waals surface area (Å²) in [5.41, 5.74) is -0.523. The number of rotatable bonds is 4. The Morgan fingerprint density at radius 3 is 2.22 bits per heavy atom. The molecular formula is C15H20BF2NO4. The molecule has 5 nitrogen and oxygen atoms in total. The number of alkyl halides is 2. The number of hydrogen-bond acceptors (Lipinski definition) is 4. The summed E-state index contributed by atoms with van der Waals surface area (Å²) in [5, 5.41) is 2.45. The van der Waals surface area contributed by atoms with Crippen LogP contribution in [0, 0.1) is 0 Å². The Morgan fingerprint density at radius 1 is 1.17 bits per heavy atom. The third kappa shape index (κ3) is 3.64. The predicted octanol–water partition coefficient (Wildman–Crippen LogP) is 1.95. The quantitative estimate of drug-likeness (QED) is 0.859. The minimum absolute atomic E-state index is 0.120. The SMILES string of the molecule is CNC(=O)c1cc(OC(F)F)cc(B2OC(C)(C)C(C)(C)O2)c1. The zero-order valence-electron chi connectivity index (χ0n) is 13.8. The Bertz CT molecular complexity index is 591. The van der Waals surface area contributed by atoms with Crippen LogP contribution in [0.1, 0.15) is 38.1 Å². The number of carbonyl (C=O) groups excluding carboxylic acids is 1. The van der Waals surface area contributed by atoms with Crippen LogP contribution in [-0.2, 0) is 9.31 Å². The molecule has 1 fully saturated rings. The third-order valence-corrected chi connectivity index (χ3v) is 4.17. The molecule has 1 heterocycles. The molecule has 1 aliphatic heterocycles. The number of ether oxygens (including phenoxy) is 1. The monoisotopic (exact) mass is 327 g/mol. The zero-order chi connectivity index (χ0) is 17.4. The molecule has 0 radical (unpaired) electrons. The van der Waals surface area contributed by atoms with Crippen molar-refractivity contribution in [3.8, 4) is 5.75 Å². The topological polar surface area (TPSA) is 56.8 Å². The first-order chi connectivity index (χ1) is 10.6. The molecule has 1 amide bonds. The largest absolute Gasteiger partial charge is 0.494 e. The average molecular weight is 327 g/mol. The number of halogens is 2. The van der Waals surface area contributed by atoms with Crippen LogP contribution in [0.25, 0.3) is 0 Å². The molecule has 0 saturated carbocycles. The van der Waals surface area contributed by atoms with Gasteiger partial charge in [0.05, 0.1) is 11.2 Å². The predicted molar refractivity (Wildman–Crippen MR) is 82.2 cm³/mol. The minimum Gasteiger partial charge on any atom is -0.435 e. The molecule has 0 aromatic heterocycles. The molecule has 1 aliphatic rings. The van der Waals surface area contributed by atoms with Crippen molar-refractivity contribution in [2.24, 2.45) is 0 Å². The summed E-state index contributed by atoms with van der Waals surface area (Å²) in [7, 11) is 0.682. The summed E-state index contributed by atoms with van der Waals surface area (Å²) < 4.78 is 41.2. The molecule has 1 aromatic rings. The van der Waals surface area contributed by atoms with Crippen LogP contribution < -0.4 is 15.5 Å². The summed E-state index contributed by atoms with van der Waals surface area (Å²) in [6.45, 7) is 4.54. The number of carbonyl (C=O) groups is 1. The zero-order valence-corrected chi connectivity index (χ0v) is 13.8. The van der Waals surface area contributed by atoms with Gasteiger partial charge >= 0.3 is 13.7 Å². The van der Waals surface area contributed by atoms with Crippen molar-refractivity contribution in [2.45, 2.75) is 45.5 Å². The van der Waals surface area contributed by atoms with E-state index in [9.17, 15) is 13.6 Å². The highest BCUT2D eigenvalue weighted by Crippen LogP contribution is 2.36. The van der Waals surface area contributed by atoms with Gasteiger partial charge in [-0.2, -0.15) is 8.78 Å². The highest BCUT2D eigenvalue weighted by atomic mass is 19.3. The lowest BCUT2D eigenvalue weighted by Crippen LogP contribution is -2.41. The molecule has 1 N–H and O–H groups in total. The standard InChI is InChI=1S/C15H20BF2NO4/c1-14(2)15(3,4)23-16(22-14)10-6-9(12(20)19-5)7-11(8-10)21-13(17)18/h6-8,13H,1-5H3,(H,19,20). The van der Waals surface area contributed by atoms with E-state index in [2.05, 4.69) is 10.1 Å². The fourth-order valence-corrected chi connectivity index (χ4v) is 2.18. The maximum absolute atomic E-state index is 12.5. The normalized spacial score (nSPS) is 19.0. The van der Waals surface area contributed by atoms with Gasteiger partial charge in [0.25, 0.3) is 5.91 Å². The van der Waals surface area contributed by atoms with E-state index in [0.29, 0.717) is 5.46 Å². The molecule has 0 atom stereocenters. The summed E-state index contributed by atoms with van der Waals surface area (Å²) in [5.74, 6) is -0.534. The minimum atomic E-state index is -2.99. The fraction of sp³-hybridized carbons (Fsp3) is 0.533. The Balaban J connectivity index is 2.40. The average Bonchev–Trinajstić information content (AvgIpc) is 2.65. The van der Waals surface area contributed by atoms with Crippen molar-refractivity contribution in [3.63, 3.8) is 0 Å².